The molecular weight excluding hydrogens is 450 g/mol. The first-order valence-electron chi connectivity index (χ1n) is 9.27. The summed E-state index contributed by atoms with van der Waals surface area (Å²) in [5.41, 5.74) is 1.09. The Morgan fingerprint density at radius 2 is 1.77 bits per heavy atom. The van der Waals surface area contributed by atoms with E-state index in [2.05, 4.69) is 10.0 Å². The van der Waals surface area contributed by atoms with Crippen molar-refractivity contribution in [2.24, 2.45) is 0 Å². The summed E-state index contributed by atoms with van der Waals surface area (Å²) in [6.45, 7) is 0.111. The number of amides is 1. The lowest BCUT2D eigenvalue weighted by atomic mass is 10.1. The van der Waals surface area contributed by atoms with Crippen LogP contribution < -0.4 is 10.0 Å². The van der Waals surface area contributed by atoms with E-state index in [1.54, 1.807) is 12.1 Å². The Morgan fingerprint density at radius 3 is 2.43 bits per heavy atom. The average Bonchev–Trinajstić information content (AvgIpc) is 2.72. The highest BCUT2D eigenvalue weighted by Gasteiger charge is 2.29. The van der Waals surface area contributed by atoms with E-state index < -0.39 is 20.0 Å². The fraction of sp³-hybridized carbons (Fsp3) is 0.316. The Kier molecular flexibility index (Phi) is 7.02. The lowest BCUT2D eigenvalue weighted by molar-refractivity contribution is -0.122. The van der Waals surface area contributed by atoms with Crippen LogP contribution in [0.4, 0.5) is 5.69 Å². The van der Waals surface area contributed by atoms with Crippen LogP contribution in [0.1, 0.15) is 12.0 Å². The van der Waals surface area contributed by atoms with Crippen LogP contribution in [0.15, 0.2) is 58.3 Å². The molecular formula is C19H22ClN3O5S2. The third-order valence-electron chi connectivity index (χ3n) is 4.56. The standard InChI is InChI=1S/C19H22ClN3O5S2/c20-10-2-3-15-6-8-17(9-7-15)29(25,26)22-16-4-1-5-18(13-16)30(27,28)23-12-11-21-19(24)14-23/h1,4-9,13,22H,2-3,10-12,14H2,(H,21,24). The summed E-state index contributed by atoms with van der Waals surface area (Å²) in [6, 6.07) is 12.0. The first-order chi connectivity index (χ1) is 14.2. The fourth-order valence-electron chi connectivity index (χ4n) is 3.01. The zero-order valence-electron chi connectivity index (χ0n) is 16.0. The Hall–Kier alpha value is -2.14. The lowest BCUT2D eigenvalue weighted by Crippen LogP contribution is -2.49. The second kappa shape index (κ2) is 9.34. The molecule has 1 aliphatic rings. The van der Waals surface area contributed by atoms with E-state index in [4.69, 9.17) is 11.6 Å². The minimum atomic E-state index is -3.93. The van der Waals surface area contributed by atoms with Crippen molar-refractivity contribution in [3.63, 3.8) is 0 Å². The Bertz CT molecular complexity index is 1120. The highest BCUT2D eigenvalue weighted by atomic mass is 35.5. The van der Waals surface area contributed by atoms with Crippen molar-refractivity contribution in [1.82, 2.24) is 9.62 Å². The Morgan fingerprint density at radius 1 is 1.03 bits per heavy atom. The molecule has 0 saturated carbocycles. The van der Waals surface area contributed by atoms with Crippen molar-refractivity contribution >= 4 is 43.2 Å². The van der Waals surface area contributed by atoms with Crippen molar-refractivity contribution in [2.45, 2.75) is 22.6 Å². The van der Waals surface area contributed by atoms with Crippen LogP contribution in [0.2, 0.25) is 0 Å². The monoisotopic (exact) mass is 471 g/mol. The molecule has 0 aromatic heterocycles. The zero-order chi connectivity index (χ0) is 21.8. The van der Waals surface area contributed by atoms with Crippen LogP contribution in [0.5, 0.6) is 0 Å². The van der Waals surface area contributed by atoms with Crippen LogP contribution in [0.3, 0.4) is 0 Å². The first kappa shape index (κ1) is 22.5. The summed E-state index contributed by atoms with van der Waals surface area (Å²) in [6.07, 6.45) is 1.55. The number of aryl methyl sites for hydroxylation is 1. The number of anilines is 1. The van der Waals surface area contributed by atoms with Crippen molar-refractivity contribution < 1.29 is 21.6 Å². The Labute approximate surface area is 181 Å². The molecule has 2 aromatic carbocycles. The van der Waals surface area contributed by atoms with Crippen LogP contribution in [-0.4, -0.2) is 52.6 Å². The fourth-order valence-corrected chi connectivity index (χ4v) is 5.64. The predicted octanol–water partition coefficient (Wildman–Crippen LogP) is 1.78. The molecule has 3 rings (SSSR count). The van der Waals surface area contributed by atoms with Gasteiger partial charge in [0.05, 0.1) is 22.0 Å². The SMILES string of the molecule is O=C1CN(S(=O)(=O)c2cccc(NS(=O)(=O)c3ccc(CCCCl)cc3)c2)CCN1. The maximum absolute atomic E-state index is 12.8. The van der Waals surface area contributed by atoms with Crippen molar-refractivity contribution in [3.05, 3.63) is 54.1 Å². The molecule has 1 aliphatic heterocycles. The van der Waals surface area contributed by atoms with Gasteiger partial charge in [-0.05, 0) is 48.7 Å². The van der Waals surface area contributed by atoms with Gasteiger partial charge in [-0.1, -0.05) is 18.2 Å². The molecule has 0 atom stereocenters. The number of sulfonamides is 2. The first-order valence-corrected chi connectivity index (χ1v) is 12.7. The second-order valence-corrected chi connectivity index (χ2v) is 10.8. The quantitative estimate of drug-likeness (QED) is 0.570. The van der Waals surface area contributed by atoms with Gasteiger partial charge >= 0.3 is 0 Å². The van der Waals surface area contributed by atoms with E-state index in [9.17, 15) is 21.6 Å². The van der Waals surface area contributed by atoms with Gasteiger partial charge in [0.15, 0.2) is 0 Å². The number of piperazine rings is 1. The van der Waals surface area contributed by atoms with Crippen LogP contribution in [0, 0.1) is 0 Å². The normalized spacial score (nSPS) is 15.6. The van der Waals surface area contributed by atoms with Gasteiger partial charge in [0.1, 0.15) is 0 Å². The number of hydrogen-bond donors (Lipinski definition) is 2. The molecule has 0 aliphatic carbocycles. The number of nitrogens with one attached hydrogen (secondary N) is 2. The van der Waals surface area contributed by atoms with Gasteiger partial charge in [-0.2, -0.15) is 4.31 Å². The topological polar surface area (TPSA) is 113 Å². The second-order valence-electron chi connectivity index (χ2n) is 6.76. The largest absolute Gasteiger partial charge is 0.354 e. The minimum Gasteiger partial charge on any atom is -0.354 e. The van der Waals surface area contributed by atoms with E-state index in [1.165, 1.54) is 36.4 Å². The average molecular weight is 472 g/mol. The molecule has 1 heterocycles. The number of hydrogen-bond acceptors (Lipinski definition) is 5. The van der Waals surface area contributed by atoms with E-state index in [1.807, 2.05) is 0 Å². The maximum atomic E-state index is 12.8. The number of alkyl halides is 1. The third kappa shape index (κ3) is 5.31. The molecule has 1 fully saturated rings. The van der Waals surface area contributed by atoms with Gasteiger partial charge in [-0.15, -0.1) is 11.6 Å². The smallest absolute Gasteiger partial charge is 0.261 e. The predicted molar refractivity (Wildman–Crippen MR) is 115 cm³/mol. The van der Waals surface area contributed by atoms with Crippen molar-refractivity contribution in [1.29, 1.82) is 0 Å². The molecule has 30 heavy (non-hydrogen) atoms. The van der Waals surface area contributed by atoms with Crippen LogP contribution in [0.25, 0.3) is 0 Å². The van der Waals surface area contributed by atoms with Gasteiger partial charge < -0.3 is 5.32 Å². The number of carbonyl (C=O) groups excluding carboxylic acids is 1. The summed E-state index contributed by atoms with van der Waals surface area (Å²) in [7, 11) is -7.82. The van der Waals surface area contributed by atoms with E-state index in [0.29, 0.717) is 5.88 Å². The summed E-state index contributed by atoms with van der Waals surface area (Å²) < 4.78 is 54.5. The number of benzene rings is 2. The summed E-state index contributed by atoms with van der Waals surface area (Å²) in [5, 5.41) is 2.57. The van der Waals surface area contributed by atoms with E-state index >= 15 is 0 Å². The molecule has 0 spiro atoms. The number of carbonyl (C=O) groups is 1. The molecule has 8 nitrogen and oxygen atoms in total. The van der Waals surface area contributed by atoms with E-state index in [-0.39, 0.29) is 41.0 Å². The molecule has 0 radical (unpaired) electrons. The van der Waals surface area contributed by atoms with Crippen molar-refractivity contribution in [2.75, 3.05) is 30.2 Å². The highest BCUT2D eigenvalue weighted by Crippen LogP contribution is 2.23. The molecule has 1 saturated heterocycles. The van der Waals surface area contributed by atoms with Gasteiger partial charge in [0, 0.05) is 19.0 Å². The van der Waals surface area contributed by atoms with Gasteiger partial charge in [-0.25, -0.2) is 16.8 Å². The highest BCUT2D eigenvalue weighted by molar-refractivity contribution is 7.92. The summed E-state index contributed by atoms with van der Waals surface area (Å²) >= 11 is 5.68. The van der Waals surface area contributed by atoms with Gasteiger partial charge in [-0.3, -0.25) is 9.52 Å². The lowest BCUT2D eigenvalue weighted by Gasteiger charge is -2.26. The van der Waals surface area contributed by atoms with Gasteiger partial charge in [0.2, 0.25) is 15.9 Å². The molecule has 0 unspecified atom stereocenters. The third-order valence-corrected chi connectivity index (χ3v) is 8.07. The number of rotatable bonds is 8. The molecule has 162 valence electrons. The Balaban J connectivity index is 1.79. The molecule has 1 amide bonds. The van der Waals surface area contributed by atoms with Gasteiger partial charge in [0.25, 0.3) is 10.0 Å². The molecule has 11 heteroatoms. The zero-order valence-corrected chi connectivity index (χ0v) is 18.4. The number of halogens is 1. The molecule has 0 bridgehead atoms. The minimum absolute atomic E-state index is 0.0677. The molecule has 2 aromatic rings. The number of nitrogens with zero attached hydrogens (tertiary/aromatic N) is 1. The maximum Gasteiger partial charge on any atom is 0.261 e. The van der Waals surface area contributed by atoms with E-state index in [0.717, 1.165) is 22.7 Å². The van der Waals surface area contributed by atoms with Crippen LogP contribution in [-0.2, 0) is 31.3 Å². The van der Waals surface area contributed by atoms with Crippen LogP contribution >= 0.6 is 11.6 Å². The summed E-state index contributed by atoms with van der Waals surface area (Å²) in [4.78, 5) is 11.5. The van der Waals surface area contributed by atoms with Crippen molar-refractivity contribution in [3.8, 4) is 0 Å². The molecule has 2 N–H and O–H groups in total. The summed E-state index contributed by atoms with van der Waals surface area (Å²) in [5.74, 6) is 0.152.